The molecule has 0 atom stereocenters. The van der Waals surface area contributed by atoms with E-state index in [4.69, 9.17) is 20.9 Å². The zero-order valence-corrected chi connectivity index (χ0v) is 17.3. The molecule has 10 nitrogen and oxygen atoms in total. The number of ether oxygens (including phenoxy) is 2. The highest BCUT2D eigenvalue weighted by Crippen LogP contribution is 2.39. The molecular formula is C21H24N6O4. The first-order chi connectivity index (χ1) is 14.9. The molecule has 0 spiro atoms. The van der Waals surface area contributed by atoms with E-state index in [1.807, 2.05) is 36.4 Å². The number of benzene rings is 2. The molecule has 3 rings (SSSR count). The van der Waals surface area contributed by atoms with Gasteiger partial charge in [0.2, 0.25) is 11.9 Å². The SMILES string of the molecule is CCOC(=O)NC(N)=Nc1ccc2c(c1)Cc1cc(N=C(N)NC(=O)OCC)ccc1-2. The number of nitrogens with one attached hydrogen (secondary N) is 2. The van der Waals surface area contributed by atoms with Gasteiger partial charge in [-0.25, -0.2) is 19.6 Å². The van der Waals surface area contributed by atoms with E-state index in [0.717, 1.165) is 22.3 Å². The molecule has 0 aromatic heterocycles. The van der Waals surface area contributed by atoms with Gasteiger partial charge in [-0.3, -0.25) is 10.6 Å². The predicted molar refractivity (Wildman–Crippen MR) is 118 cm³/mol. The number of nitrogens with two attached hydrogens (primary N) is 2. The third kappa shape index (κ3) is 5.50. The molecule has 0 bridgehead atoms. The Kier molecular flexibility index (Phi) is 6.71. The molecule has 10 heteroatoms. The van der Waals surface area contributed by atoms with Gasteiger partial charge in [-0.1, -0.05) is 12.1 Å². The van der Waals surface area contributed by atoms with Gasteiger partial charge >= 0.3 is 12.2 Å². The molecule has 31 heavy (non-hydrogen) atoms. The van der Waals surface area contributed by atoms with Crippen LogP contribution in [0.2, 0.25) is 0 Å². The largest absolute Gasteiger partial charge is 0.450 e. The van der Waals surface area contributed by atoms with Crippen molar-refractivity contribution < 1.29 is 19.1 Å². The Morgan fingerprint density at radius 3 is 1.65 bits per heavy atom. The van der Waals surface area contributed by atoms with Crippen LogP contribution in [0.4, 0.5) is 21.0 Å². The van der Waals surface area contributed by atoms with E-state index < -0.39 is 12.2 Å². The van der Waals surface area contributed by atoms with Crippen molar-refractivity contribution in [3.8, 4) is 11.1 Å². The molecule has 2 aromatic rings. The summed E-state index contributed by atoms with van der Waals surface area (Å²) in [6.07, 6.45) is -0.627. The van der Waals surface area contributed by atoms with Crippen molar-refractivity contribution in [3.63, 3.8) is 0 Å². The summed E-state index contributed by atoms with van der Waals surface area (Å²) in [7, 11) is 0. The minimum Gasteiger partial charge on any atom is -0.450 e. The van der Waals surface area contributed by atoms with Crippen molar-refractivity contribution >= 4 is 35.5 Å². The summed E-state index contributed by atoms with van der Waals surface area (Å²) in [6, 6.07) is 11.4. The molecule has 0 fully saturated rings. The quantitative estimate of drug-likeness (QED) is 0.373. The average Bonchev–Trinajstić information content (AvgIpc) is 3.04. The van der Waals surface area contributed by atoms with Crippen molar-refractivity contribution in [3.05, 3.63) is 47.5 Å². The smallest absolute Gasteiger partial charge is 0.413 e. The second-order valence-electron chi connectivity index (χ2n) is 6.54. The Morgan fingerprint density at radius 2 is 1.26 bits per heavy atom. The van der Waals surface area contributed by atoms with Gasteiger partial charge in [0.1, 0.15) is 0 Å². The van der Waals surface area contributed by atoms with Crippen LogP contribution in [-0.2, 0) is 15.9 Å². The van der Waals surface area contributed by atoms with E-state index >= 15 is 0 Å². The second kappa shape index (κ2) is 9.61. The minimum absolute atomic E-state index is 0.0462. The van der Waals surface area contributed by atoms with Gasteiger partial charge in [0, 0.05) is 0 Å². The van der Waals surface area contributed by atoms with Gasteiger partial charge in [-0.05, 0) is 66.8 Å². The Morgan fingerprint density at radius 1 is 0.839 bits per heavy atom. The summed E-state index contributed by atoms with van der Waals surface area (Å²) in [6.45, 7) is 3.89. The molecule has 1 aliphatic carbocycles. The molecule has 0 saturated heterocycles. The first-order valence-corrected chi connectivity index (χ1v) is 9.71. The highest BCUT2D eigenvalue weighted by molar-refractivity contribution is 5.95. The highest BCUT2D eigenvalue weighted by Gasteiger charge is 2.19. The van der Waals surface area contributed by atoms with Crippen LogP contribution in [0.25, 0.3) is 11.1 Å². The number of hydrogen-bond acceptors (Lipinski definition) is 6. The summed E-state index contributed by atoms with van der Waals surface area (Å²) in [5.74, 6) is -0.0924. The number of carbonyl (C=O) groups excluding carboxylic acids is 2. The number of rotatable bonds is 4. The van der Waals surface area contributed by atoms with Gasteiger partial charge in [0.25, 0.3) is 0 Å². The van der Waals surface area contributed by atoms with Crippen LogP contribution in [0.3, 0.4) is 0 Å². The third-order valence-electron chi connectivity index (χ3n) is 4.36. The number of aliphatic imine (C=N–C) groups is 2. The van der Waals surface area contributed by atoms with Crippen LogP contribution < -0.4 is 22.1 Å². The fourth-order valence-corrected chi connectivity index (χ4v) is 3.20. The van der Waals surface area contributed by atoms with Crippen LogP contribution in [-0.4, -0.2) is 37.3 Å². The van der Waals surface area contributed by atoms with E-state index in [9.17, 15) is 9.59 Å². The van der Waals surface area contributed by atoms with Crippen LogP contribution in [0.1, 0.15) is 25.0 Å². The number of nitrogens with zero attached hydrogens (tertiary/aromatic N) is 2. The van der Waals surface area contributed by atoms with Crippen molar-refractivity contribution in [2.45, 2.75) is 20.3 Å². The van der Waals surface area contributed by atoms with Crippen LogP contribution in [0.5, 0.6) is 0 Å². The molecule has 0 radical (unpaired) electrons. The van der Waals surface area contributed by atoms with Gasteiger partial charge in [-0.2, -0.15) is 0 Å². The molecule has 1 aliphatic rings. The van der Waals surface area contributed by atoms with Gasteiger partial charge in [-0.15, -0.1) is 0 Å². The van der Waals surface area contributed by atoms with Crippen molar-refractivity contribution in [2.24, 2.45) is 21.5 Å². The molecule has 162 valence electrons. The number of amides is 2. The fraction of sp³-hybridized carbons (Fsp3) is 0.238. The lowest BCUT2D eigenvalue weighted by atomic mass is 10.1. The molecule has 0 aliphatic heterocycles. The van der Waals surface area contributed by atoms with Crippen LogP contribution in [0.15, 0.2) is 46.4 Å². The third-order valence-corrected chi connectivity index (χ3v) is 4.36. The Labute approximate surface area is 179 Å². The molecule has 0 unspecified atom stereocenters. The maximum absolute atomic E-state index is 11.4. The summed E-state index contributed by atoms with van der Waals surface area (Å²) in [4.78, 5) is 31.3. The van der Waals surface area contributed by atoms with E-state index in [0.29, 0.717) is 17.8 Å². The van der Waals surface area contributed by atoms with Crippen LogP contribution >= 0.6 is 0 Å². The lowest BCUT2D eigenvalue weighted by molar-refractivity contribution is 0.156. The molecule has 2 aromatic carbocycles. The molecule has 0 heterocycles. The average molecular weight is 424 g/mol. The highest BCUT2D eigenvalue weighted by atomic mass is 16.6. The normalized spacial score (nSPS) is 12.6. The first-order valence-electron chi connectivity index (χ1n) is 9.71. The van der Waals surface area contributed by atoms with Crippen LogP contribution in [0, 0.1) is 0 Å². The molecule has 6 N–H and O–H groups in total. The Balaban J connectivity index is 1.75. The first kappa shape index (κ1) is 21.6. The van der Waals surface area contributed by atoms with Crippen molar-refractivity contribution in [2.75, 3.05) is 13.2 Å². The minimum atomic E-state index is -0.651. The van der Waals surface area contributed by atoms with E-state index in [2.05, 4.69) is 20.6 Å². The molecule has 2 amide bonds. The van der Waals surface area contributed by atoms with E-state index in [1.54, 1.807) is 13.8 Å². The predicted octanol–water partition coefficient (Wildman–Crippen LogP) is 2.64. The summed E-state index contributed by atoms with van der Waals surface area (Å²) >= 11 is 0. The van der Waals surface area contributed by atoms with Gasteiger partial charge < -0.3 is 20.9 Å². The Hall–Kier alpha value is -4.08. The number of guanidine groups is 2. The standard InChI is InChI=1S/C21H24N6O4/c1-3-30-20(28)26-18(22)24-14-5-7-16-12(10-14)9-13-11-15(6-8-17(13)16)25-19(23)27-21(29)31-4-2/h5-8,10-11H,3-4,9H2,1-2H3,(H3,22,24,26,28)(H3,23,25,27,29). The van der Waals surface area contributed by atoms with E-state index in [1.165, 1.54) is 0 Å². The van der Waals surface area contributed by atoms with E-state index in [-0.39, 0.29) is 25.1 Å². The van der Waals surface area contributed by atoms with Crippen molar-refractivity contribution in [1.29, 1.82) is 0 Å². The number of alkyl carbamates (subject to hydrolysis) is 2. The zero-order chi connectivity index (χ0) is 22.4. The number of carbonyl (C=O) groups is 2. The summed E-state index contributed by atoms with van der Waals surface area (Å²) in [5.41, 5.74) is 17.0. The topological polar surface area (TPSA) is 153 Å². The maximum atomic E-state index is 11.4. The lowest BCUT2D eigenvalue weighted by Gasteiger charge is -2.06. The molecule has 0 saturated carbocycles. The molecular weight excluding hydrogens is 400 g/mol. The van der Waals surface area contributed by atoms with Gasteiger partial charge in [0.05, 0.1) is 24.6 Å². The lowest BCUT2D eigenvalue weighted by Crippen LogP contribution is -2.36. The number of fused-ring (bicyclic) bond motifs is 3. The number of hydrogen-bond donors (Lipinski definition) is 4. The Bertz CT molecular complexity index is 980. The summed E-state index contributed by atoms with van der Waals surface area (Å²) in [5, 5.41) is 4.72. The fourth-order valence-electron chi connectivity index (χ4n) is 3.20. The zero-order valence-electron chi connectivity index (χ0n) is 17.3. The second-order valence-corrected chi connectivity index (χ2v) is 6.54. The monoisotopic (exact) mass is 424 g/mol. The van der Waals surface area contributed by atoms with Crippen molar-refractivity contribution in [1.82, 2.24) is 10.6 Å². The maximum Gasteiger partial charge on any atom is 0.413 e. The van der Waals surface area contributed by atoms with Gasteiger partial charge in [0.15, 0.2) is 0 Å². The summed E-state index contributed by atoms with van der Waals surface area (Å²) < 4.78 is 9.56.